The molecule has 1 N–H and O–H groups in total. The van der Waals surface area contributed by atoms with Crippen LogP contribution in [0.5, 0.6) is 0 Å². The summed E-state index contributed by atoms with van der Waals surface area (Å²) in [5.74, 6) is 0.951. The van der Waals surface area contributed by atoms with Crippen LogP contribution in [0.25, 0.3) is 0 Å². The molecule has 0 fully saturated rings. The van der Waals surface area contributed by atoms with Gasteiger partial charge in [0.15, 0.2) is 0 Å². The molecule has 1 nitrogen and oxygen atoms in total. The second-order valence-corrected chi connectivity index (χ2v) is 5.00. The van der Waals surface area contributed by atoms with Gasteiger partial charge in [0.05, 0.1) is 0 Å². The molecule has 1 rings (SSSR count). The summed E-state index contributed by atoms with van der Waals surface area (Å²) in [6, 6.07) is 5.39. The highest BCUT2D eigenvalue weighted by Crippen LogP contribution is 2.30. The van der Waals surface area contributed by atoms with Crippen molar-refractivity contribution in [1.29, 1.82) is 0 Å². The predicted molar refractivity (Wildman–Crippen MR) is 69.5 cm³/mol. The molecule has 0 amide bonds. The van der Waals surface area contributed by atoms with E-state index in [9.17, 15) is 4.39 Å². The second-order valence-electron chi connectivity index (χ2n) is 3.86. The minimum atomic E-state index is -0.108. The summed E-state index contributed by atoms with van der Waals surface area (Å²) in [7, 11) is 1.86. The Hall–Kier alpha value is -0.540. The monoisotopic (exact) mass is 241 g/mol. The van der Waals surface area contributed by atoms with E-state index in [0.29, 0.717) is 0 Å². The molecule has 0 spiro atoms. The molecule has 1 atom stereocenters. The molecule has 0 aromatic heterocycles. The molecule has 1 unspecified atom stereocenters. The zero-order valence-corrected chi connectivity index (χ0v) is 11.0. The van der Waals surface area contributed by atoms with Crippen LogP contribution in [0, 0.1) is 5.82 Å². The van der Waals surface area contributed by atoms with Gasteiger partial charge in [0.25, 0.3) is 0 Å². The average Bonchev–Trinajstić information content (AvgIpc) is 2.29. The van der Waals surface area contributed by atoms with Gasteiger partial charge in [-0.1, -0.05) is 19.4 Å². The van der Waals surface area contributed by atoms with Crippen molar-refractivity contribution in [1.82, 2.24) is 5.32 Å². The lowest BCUT2D eigenvalue weighted by Crippen LogP contribution is -2.15. The first kappa shape index (κ1) is 13.5. The Morgan fingerprint density at radius 2 is 2.19 bits per heavy atom. The van der Waals surface area contributed by atoms with E-state index in [2.05, 4.69) is 12.2 Å². The minimum Gasteiger partial charge on any atom is -0.313 e. The third-order valence-corrected chi connectivity index (χ3v) is 3.79. The third kappa shape index (κ3) is 3.49. The Labute approximate surface area is 102 Å². The summed E-state index contributed by atoms with van der Waals surface area (Å²) >= 11 is 1.75. The highest BCUT2D eigenvalue weighted by molar-refractivity contribution is 7.99. The largest absolute Gasteiger partial charge is 0.313 e. The minimum absolute atomic E-state index is 0.0605. The maximum Gasteiger partial charge on any atom is 0.129 e. The van der Waals surface area contributed by atoms with Crippen LogP contribution in [0.1, 0.15) is 38.3 Å². The summed E-state index contributed by atoms with van der Waals surface area (Å²) in [5, 5.41) is 3.10. The highest BCUT2D eigenvalue weighted by Gasteiger charge is 2.13. The summed E-state index contributed by atoms with van der Waals surface area (Å²) in [4.78, 5) is 1.07. The van der Waals surface area contributed by atoms with Crippen LogP contribution < -0.4 is 5.32 Å². The van der Waals surface area contributed by atoms with Gasteiger partial charge in [-0.2, -0.15) is 0 Å². The molecule has 0 saturated heterocycles. The van der Waals surface area contributed by atoms with Crippen molar-refractivity contribution < 1.29 is 4.39 Å². The fourth-order valence-corrected chi connectivity index (χ4v) is 2.79. The molecule has 0 aliphatic carbocycles. The molecule has 0 aliphatic rings. The average molecular weight is 241 g/mol. The van der Waals surface area contributed by atoms with E-state index in [1.807, 2.05) is 20.0 Å². The smallest absolute Gasteiger partial charge is 0.129 e. The van der Waals surface area contributed by atoms with E-state index in [0.717, 1.165) is 16.2 Å². The second kappa shape index (κ2) is 6.92. The zero-order chi connectivity index (χ0) is 12.0. The Kier molecular flexibility index (Phi) is 5.85. The van der Waals surface area contributed by atoms with Crippen molar-refractivity contribution in [3.63, 3.8) is 0 Å². The lowest BCUT2D eigenvalue weighted by Gasteiger charge is -2.16. The van der Waals surface area contributed by atoms with Gasteiger partial charge < -0.3 is 5.32 Å². The van der Waals surface area contributed by atoms with Crippen LogP contribution in [0.3, 0.4) is 0 Å². The third-order valence-electron chi connectivity index (χ3n) is 2.63. The van der Waals surface area contributed by atoms with Crippen LogP contribution in [0.2, 0.25) is 0 Å². The van der Waals surface area contributed by atoms with Crippen molar-refractivity contribution in [2.45, 2.75) is 37.6 Å². The summed E-state index contributed by atoms with van der Waals surface area (Å²) in [6.45, 7) is 4.16. The predicted octanol–water partition coefficient (Wildman–Crippen LogP) is 4.00. The van der Waals surface area contributed by atoms with Gasteiger partial charge in [-0.3, -0.25) is 0 Å². The molecule has 0 radical (unpaired) electrons. The number of halogens is 1. The maximum atomic E-state index is 13.7. The molecule has 3 heteroatoms. The molecule has 16 heavy (non-hydrogen) atoms. The van der Waals surface area contributed by atoms with Gasteiger partial charge in [-0.05, 0) is 38.3 Å². The summed E-state index contributed by atoms with van der Waals surface area (Å²) in [5.41, 5.74) is 0.797. The molecule has 1 aromatic rings. The maximum absolute atomic E-state index is 13.7. The van der Waals surface area contributed by atoms with Crippen LogP contribution in [-0.4, -0.2) is 12.8 Å². The Morgan fingerprint density at radius 1 is 1.44 bits per heavy atom. The first-order valence-corrected chi connectivity index (χ1v) is 6.77. The topological polar surface area (TPSA) is 12.0 Å². The number of hydrogen-bond donors (Lipinski definition) is 1. The van der Waals surface area contributed by atoms with Gasteiger partial charge in [0.1, 0.15) is 5.82 Å². The zero-order valence-electron chi connectivity index (χ0n) is 10.2. The Balaban J connectivity index is 2.85. The van der Waals surface area contributed by atoms with Gasteiger partial charge in [0, 0.05) is 16.5 Å². The number of nitrogens with one attached hydrogen (secondary N) is 1. The van der Waals surface area contributed by atoms with E-state index >= 15 is 0 Å². The van der Waals surface area contributed by atoms with E-state index < -0.39 is 0 Å². The Morgan fingerprint density at radius 3 is 2.81 bits per heavy atom. The molecular formula is C13H20FNS. The SMILES string of the molecule is CCCCSc1cccc(F)c1C(C)NC. The lowest BCUT2D eigenvalue weighted by molar-refractivity contribution is 0.552. The standard InChI is InChI=1S/C13H20FNS/c1-4-5-9-16-12-8-6-7-11(14)13(12)10(2)15-3/h6-8,10,15H,4-5,9H2,1-3H3. The number of thioether (sulfide) groups is 1. The molecule has 90 valence electrons. The molecule has 1 aromatic carbocycles. The van der Waals surface area contributed by atoms with Crippen LogP contribution in [0.4, 0.5) is 4.39 Å². The van der Waals surface area contributed by atoms with Crippen LogP contribution in [0.15, 0.2) is 23.1 Å². The van der Waals surface area contributed by atoms with Crippen molar-refractivity contribution in [3.05, 3.63) is 29.6 Å². The molecule has 0 aliphatic heterocycles. The first-order valence-electron chi connectivity index (χ1n) is 5.79. The number of benzene rings is 1. The summed E-state index contributed by atoms with van der Waals surface area (Å²) in [6.07, 6.45) is 2.35. The van der Waals surface area contributed by atoms with Crippen molar-refractivity contribution in [2.75, 3.05) is 12.8 Å². The summed E-state index contributed by atoms with van der Waals surface area (Å²) < 4.78 is 13.7. The van der Waals surface area contributed by atoms with Gasteiger partial charge >= 0.3 is 0 Å². The van der Waals surface area contributed by atoms with Crippen LogP contribution >= 0.6 is 11.8 Å². The molecular weight excluding hydrogens is 221 g/mol. The van der Waals surface area contributed by atoms with Crippen LogP contribution in [-0.2, 0) is 0 Å². The highest BCUT2D eigenvalue weighted by atomic mass is 32.2. The number of hydrogen-bond acceptors (Lipinski definition) is 2. The van der Waals surface area contributed by atoms with Gasteiger partial charge in [-0.25, -0.2) is 4.39 Å². The molecule has 0 heterocycles. The van der Waals surface area contributed by atoms with Gasteiger partial charge in [-0.15, -0.1) is 11.8 Å². The fraction of sp³-hybridized carbons (Fsp3) is 0.538. The lowest BCUT2D eigenvalue weighted by atomic mass is 10.1. The Bertz CT molecular complexity index is 328. The number of unbranched alkanes of at least 4 members (excludes halogenated alkanes) is 1. The van der Waals surface area contributed by atoms with Crippen molar-refractivity contribution >= 4 is 11.8 Å². The number of rotatable bonds is 6. The van der Waals surface area contributed by atoms with E-state index in [-0.39, 0.29) is 11.9 Å². The van der Waals surface area contributed by atoms with E-state index in [1.165, 1.54) is 18.9 Å². The van der Waals surface area contributed by atoms with Crippen molar-refractivity contribution in [3.8, 4) is 0 Å². The van der Waals surface area contributed by atoms with E-state index in [1.54, 1.807) is 17.8 Å². The fourth-order valence-electron chi connectivity index (χ4n) is 1.53. The molecule has 0 bridgehead atoms. The van der Waals surface area contributed by atoms with Gasteiger partial charge in [0.2, 0.25) is 0 Å². The normalized spacial score (nSPS) is 12.8. The van der Waals surface area contributed by atoms with Crippen molar-refractivity contribution in [2.24, 2.45) is 0 Å². The first-order chi connectivity index (χ1) is 7.70. The van der Waals surface area contributed by atoms with E-state index in [4.69, 9.17) is 0 Å². The quantitative estimate of drug-likeness (QED) is 0.597. The molecule has 0 saturated carbocycles.